The molecule has 0 aromatic rings. The molecule has 7 heteroatoms. The first-order valence-corrected chi connectivity index (χ1v) is 5.79. The summed E-state index contributed by atoms with van der Waals surface area (Å²) in [5, 5.41) is 0. The van der Waals surface area contributed by atoms with E-state index >= 15 is 0 Å². The summed E-state index contributed by atoms with van der Waals surface area (Å²) in [6, 6.07) is 0. The van der Waals surface area contributed by atoms with Crippen molar-refractivity contribution in [2.45, 2.75) is 26.4 Å². The number of halogens is 2. The third-order valence-corrected chi connectivity index (χ3v) is 1.70. The first kappa shape index (κ1) is 13.5. The zero-order valence-corrected chi connectivity index (χ0v) is 8.80. The second-order valence-electron chi connectivity index (χ2n) is 2.62. The summed E-state index contributed by atoms with van der Waals surface area (Å²) in [5.41, 5.74) is 0. The molecule has 0 aromatic heterocycles. The normalized spacial score (nSPS) is 16.0. The van der Waals surface area contributed by atoms with Crippen LogP contribution in [0.3, 0.4) is 0 Å². The van der Waals surface area contributed by atoms with Crippen molar-refractivity contribution in [2.24, 2.45) is 0 Å². The van der Waals surface area contributed by atoms with Gasteiger partial charge in [0.15, 0.2) is 0 Å². The molecule has 0 saturated heterocycles. The van der Waals surface area contributed by atoms with Crippen molar-refractivity contribution in [1.29, 1.82) is 0 Å². The van der Waals surface area contributed by atoms with Crippen molar-refractivity contribution in [1.82, 2.24) is 0 Å². The van der Waals surface area contributed by atoms with Crippen LogP contribution in [0.4, 0.5) is 8.39 Å². The average Bonchev–Trinajstić information content (AvgIpc) is 1.93. The molecule has 1 unspecified atom stereocenters. The third kappa shape index (κ3) is 9.62. The van der Waals surface area contributed by atoms with Gasteiger partial charge in [0.05, 0.1) is 0 Å². The molecular weight excluding hydrogens is 217 g/mol. The molecule has 0 spiro atoms. The summed E-state index contributed by atoms with van der Waals surface area (Å²) in [4.78, 5) is 16.2. The molecular formula is C7H13F2O4P. The Labute approximate surface area is 81.2 Å². The molecule has 0 aliphatic heterocycles. The summed E-state index contributed by atoms with van der Waals surface area (Å²) in [6.45, 7) is 2.77. The predicted molar refractivity (Wildman–Crippen MR) is 48.1 cm³/mol. The van der Waals surface area contributed by atoms with Crippen LogP contribution in [0.1, 0.15) is 20.3 Å². The van der Waals surface area contributed by atoms with Crippen LogP contribution >= 0.6 is 7.91 Å². The molecule has 0 rings (SSSR count). The standard InChI is InChI=1S/C7H13F2O4P/c1-3-4-5-12-6-7(2)13-14(8,9,10)11/h7,10-11H,3,6H2,1-2H3. The van der Waals surface area contributed by atoms with Crippen LogP contribution in [0.25, 0.3) is 0 Å². The number of hydrogen-bond donors (Lipinski definition) is 2. The van der Waals surface area contributed by atoms with E-state index in [9.17, 15) is 8.39 Å². The Morgan fingerprint density at radius 2 is 2.00 bits per heavy atom. The van der Waals surface area contributed by atoms with Gasteiger partial charge >= 0.3 is 80.4 Å². The molecule has 0 aromatic carbocycles. The van der Waals surface area contributed by atoms with E-state index in [1.165, 1.54) is 6.92 Å². The molecule has 1 atom stereocenters. The average molecular weight is 230 g/mol. The third-order valence-electron chi connectivity index (χ3n) is 0.993. The van der Waals surface area contributed by atoms with Gasteiger partial charge in [0.1, 0.15) is 0 Å². The second kappa shape index (κ2) is 4.85. The Kier molecular flexibility index (Phi) is 4.69. The molecule has 4 nitrogen and oxygen atoms in total. The van der Waals surface area contributed by atoms with Crippen LogP contribution in [0.2, 0.25) is 0 Å². The van der Waals surface area contributed by atoms with Gasteiger partial charge in [0, 0.05) is 0 Å². The Hall–Kier alpha value is -0.470. The van der Waals surface area contributed by atoms with Crippen molar-refractivity contribution >= 4 is 7.91 Å². The first-order chi connectivity index (χ1) is 6.21. The molecule has 14 heavy (non-hydrogen) atoms. The Bertz CT molecular complexity index is 230. The summed E-state index contributed by atoms with van der Waals surface area (Å²) in [6.07, 6.45) is 1.69. The van der Waals surface area contributed by atoms with Crippen LogP contribution < -0.4 is 0 Å². The molecule has 0 saturated carbocycles. The van der Waals surface area contributed by atoms with Crippen molar-refractivity contribution in [3.63, 3.8) is 0 Å². The van der Waals surface area contributed by atoms with Crippen LogP contribution in [0.15, 0.2) is 0 Å². The Morgan fingerprint density at radius 3 is 2.43 bits per heavy atom. The van der Waals surface area contributed by atoms with Crippen LogP contribution in [0, 0.1) is 12.0 Å². The predicted octanol–water partition coefficient (Wildman–Crippen LogP) is 1.83. The summed E-state index contributed by atoms with van der Waals surface area (Å²) in [5.74, 6) is 2.55. The van der Waals surface area contributed by atoms with Gasteiger partial charge in [-0.1, -0.05) is 0 Å². The summed E-state index contributed by atoms with van der Waals surface area (Å²) < 4.78 is 32.7. The van der Waals surface area contributed by atoms with Crippen LogP contribution in [-0.2, 0) is 9.26 Å². The molecule has 0 amide bonds. The zero-order chi connectivity index (χ0) is 11.3. The topological polar surface area (TPSA) is 58.9 Å². The molecule has 84 valence electrons. The molecule has 0 aliphatic carbocycles. The van der Waals surface area contributed by atoms with Gasteiger partial charge in [-0.05, 0) is 0 Å². The number of ether oxygens (including phenoxy) is 1. The Morgan fingerprint density at radius 1 is 1.43 bits per heavy atom. The van der Waals surface area contributed by atoms with Gasteiger partial charge in [-0.2, -0.15) is 0 Å². The van der Waals surface area contributed by atoms with Crippen molar-refractivity contribution in [3.05, 3.63) is 0 Å². The van der Waals surface area contributed by atoms with E-state index in [0.29, 0.717) is 6.42 Å². The fourth-order valence-electron chi connectivity index (χ4n) is 0.610. The van der Waals surface area contributed by atoms with E-state index in [2.05, 4.69) is 21.3 Å². The maximum absolute atomic E-state index is 12.2. The van der Waals surface area contributed by atoms with Gasteiger partial charge in [-0.25, -0.2) is 0 Å². The molecule has 0 radical (unpaired) electrons. The van der Waals surface area contributed by atoms with E-state index in [1.807, 2.05) is 0 Å². The number of rotatable bonds is 4. The van der Waals surface area contributed by atoms with E-state index < -0.39 is 14.0 Å². The summed E-state index contributed by atoms with van der Waals surface area (Å²) in [7, 11) is -6.87. The zero-order valence-electron chi connectivity index (χ0n) is 7.91. The van der Waals surface area contributed by atoms with E-state index in [0.717, 1.165) is 0 Å². The van der Waals surface area contributed by atoms with Crippen molar-refractivity contribution < 1.29 is 27.4 Å². The van der Waals surface area contributed by atoms with E-state index in [4.69, 9.17) is 9.79 Å². The van der Waals surface area contributed by atoms with Gasteiger partial charge in [0.25, 0.3) is 0 Å². The molecule has 0 fully saturated rings. The molecule has 0 heterocycles. The second-order valence-corrected chi connectivity index (χ2v) is 4.34. The SMILES string of the molecule is CCC#COCC(C)OP(O)(O)(F)F. The van der Waals surface area contributed by atoms with Gasteiger partial charge in [0.2, 0.25) is 0 Å². The molecule has 2 N–H and O–H groups in total. The van der Waals surface area contributed by atoms with Crippen LogP contribution in [-0.4, -0.2) is 22.5 Å². The van der Waals surface area contributed by atoms with Crippen molar-refractivity contribution in [3.8, 4) is 12.0 Å². The number of hydrogen-bond acceptors (Lipinski definition) is 4. The molecule has 0 aliphatic rings. The van der Waals surface area contributed by atoms with E-state index in [1.54, 1.807) is 6.92 Å². The quantitative estimate of drug-likeness (QED) is 0.571. The fraction of sp³-hybridized carbons (Fsp3) is 0.714. The summed E-state index contributed by atoms with van der Waals surface area (Å²) >= 11 is 0. The van der Waals surface area contributed by atoms with Gasteiger partial charge in [-0.15, -0.1) is 0 Å². The first-order valence-electron chi connectivity index (χ1n) is 3.95. The minimum absolute atomic E-state index is 0.250. The van der Waals surface area contributed by atoms with Crippen LogP contribution in [0.5, 0.6) is 0 Å². The molecule has 0 bridgehead atoms. The Balaban J connectivity index is 3.83. The maximum atomic E-state index is 12.2. The van der Waals surface area contributed by atoms with Gasteiger partial charge in [-0.3, -0.25) is 0 Å². The van der Waals surface area contributed by atoms with Crippen molar-refractivity contribution in [2.75, 3.05) is 6.61 Å². The van der Waals surface area contributed by atoms with Gasteiger partial charge < -0.3 is 0 Å². The van der Waals surface area contributed by atoms with E-state index in [-0.39, 0.29) is 6.61 Å². The monoisotopic (exact) mass is 230 g/mol. The minimum atomic E-state index is -6.87. The fourth-order valence-corrected chi connectivity index (χ4v) is 1.26.